The molecule has 0 aliphatic heterocycles. The average molecular weight is 372 g/mol. The van der Waals surface area contributed by atoms with Crippen LogP contribution in [0.3, 0.4) is 0 Å². The van der Waals surface area contributed by atoms with Crippen LogP contribution in [0, 0.1) is 13.8 Å². The summed E-state index contributed by atoms with van der Waals surface area (Å²) in [5.74, 6) is -1.12. The summed E-state index contributed by atoms with van der Waals surface area (Å²) in [7, 11) is 1.63. The maximum absolute atomic E-state index is 12.5. The molecule has 1 amide bonds. The lowest BCUT2D eigenvalue weighted by atomic mass is 10.1. The van der Waals surface area contributed by atoms with Crippen molar-refractivity contribution in [2.45, 2.75) is 27.3 Å². The second-order valence-electron chi connectivity index (χ2n) is 6.19. The van der Waals surface area contributed by atoms with Gasteiger partial charge in [-0.1, -0.05) is 6.07 Å². The molecule has 144 valence electrons. The molecule has 0 aliphatic rings. The SMILES string of the molecule is COCCn1c(C)cc(C(=O)COC(=O)c2cccc(NC(C)=O)c2)c1C. The third-order valence-corrected chi connectivity index (χ3v) is 4.15. The highest BCUT2D eigenvalue weighted by Gasteiger charge is 2.18. The van der Waals surface area contributed by atoms with Crippen molar-refractivity contribution in [2.75, 3.05) is 25.6 Å². The maximum Gasteiger partial charge on any atom is 0.338 e. The van der Waals surface area contributed by atoms with Crippen molar-refractivity contribution in [3.8, 4) is 0 Å². The molecule has 1 aromatic heterocycles. The molecule has 2 aromatic rings. The minimum absolute atomic E-state index is 0.237. The number of nitrogens with zero attached hydrogens (tertiary/aromatic N) is 1. The van der Waals surface area contributed by atoms with Crippen LogP contribution in [0.5, 0.6) is 0 Å². The van der Waals surface area contributed by atoms with Gasteiger partial charge in [0.1, 0.15) is 0 Å². The number of methoxy groups -OCH3 is 1. The smallest absolute Gasteiger partial charge is 0.338 e. The molecule has 1 N–H and O–H groups in total. The van der Waals surface area contributed by atoms with Gasteiger partial charge >= 0.3 is 5.97 Å². The molecule has 0 atom stereocenters. The summed E-state index contributed by atoms with van der Waals surface area (Å²) >= 11 is 0. The summed E-state index contributed by atoms with van der Waals surface area (Å²) in [4.78, 5) is 35.8. The van der Waals surface area contributed by atoms with Crippen LogP contribution >= 0.6 is 0 Å². The number of esters is 1. The normalized spacial score (nSPS) is 10.5. The standard InChI is InChI=1S/C20H24N2O5/c1-13-10-18(14(2)22(13)8-9-26-4)19(24)12-27-20(25)16-6-5-7-17(11-16)21-15(3)23/h5-7,10-11H,8-9,12H2,1-4H3,(H,21,23). The van der Waals surface area contributed by atoms with Crippen molar-refractivity contribution in [3.05, 3.63) is 52.8 Å². The van der Waals surface area contributed by atoms with Gasteiger partial charge in [0.05, 0.1) is 12.2 Å². The number of carbonyl (C=O) groups excluding carboxylic acids is 3. The highest BCUT2D eigenvalue weighted by atomic mass is 16.5. The van der Waals surface area contributed by atoms with Crippen molar-refractivity contribution in [3.63, 3.8) is 0 Å². The van der Waals surface area contributed by atoms with Gasteiger partial charge in [0.15, 0.2) is 6.61 Å². The Kier molecular flexibility index (Phi) is 6.90. The molecule has 0 radical (unpaired) electrons. The number of amides is 1. The molecule has 0 bridgehead atoms. The second kappa shape index (κ2) is 9.14. The van der Waals surface area contributed by atoms with Gasteiger partial charge in [0.2, 0.25) is 11.7 Å². The van der Waals surface area contributed by atoms with E-state index in [9.17, 15) is 14.4 Å². The number of nitrogens with one attached hydrogen (secondary N) is 1. The Bertz CT molecular complexity index is 854. The fraction of sp³-hybridized carbons (Fsp3) is 0.350. The van der Waals surface area contributed by atoms with Crippen LogP contribution in [-0.2, 0) is 20.8 Å². The Morgan fingerprint density at radius 2 is 1.89 bits per heavy atom. The first-order valence-corrected chi connectivity index (χ1v) is 8.57. The third-order valence-electron chi connectivity index (χ3n) is 4.15. The van der Waals surface area contributed by atoms with E-state index in [-0.39, 0.29) is 23.9 Å². The molecule has 7 heteroatoms. The molecule has 27 heavy (non-hydrogen) atoms. The number of benzene rings is 1. The summed E-state index contributed by atoms with van der Waals surface area (Å²) in [6.45, 7) is 6.00. The second-order valence-corrected chi connectivity index (χ2v) is 6.19. The van der Waals surface area contributed by atoms with Crippen LogP contribution in [0.2, 0.25) is 0 Å². The van der Waals surface area contributed by atoms with E-state index in [2.05, 4.69) is 5.32 Å². The minimum Gasteiger partial charge on any atom is -0.454 e. The van der Waals surface area contributed by atoms with Crippen LogP contribution in [0.1, 0.15) is 39.0 Å². The first kappa shape index (κ1) is 20.4. The molecule has 0 aliphatic carbocycles. The zero-order valence-electron chi connectivity index (χ0n) is 16.0. The Balaban J connectivity index is 2.03. The van der Waals surface area contributed by atoms with Gasteiger partial charge in [-0.2, -0.15) is 0 Å². The number of Topliss-reactive ketones (excluding diaryl/α,β-unsaturated/α-hetero) is 1. The van der Waals surface area contributed by atoms with Crippen LogP contribution in [0.15, 0.2) is 30.3 Å². The van der Waals surface area contributed by atoms with Gasteiger partial charge in [-0.05, 0) is 38.1 Å². The molecule has 7 nitrogen and oxygen atoms in total. The Morgan fingerprint density at radius 1 is 1.15 bits per heavy atom. The summed E-state index contributed by atoms with van der Waals surface area (Å²) in [6.07, 6.45) is 0. The van der Waals surface area contributed by atoms with E-state index in [1.807, 2.05) is 18.4 Å². The highest BCUT2D eigenvalue weighted by molar-refractivity contribution is 6.00. The summed E-state index contributed by atoms with van der Waals surface area (Å²) < 4.78 is 12.2. The number of hydrogen-bond donors (Lipinski definition) is 1. The molecule has 0 spiro atoms. The third kappa shape index (κ3) is 5.27. The first-order chi connectivity index (χ1) is 12.8. The molecule has 1 aromatic carbocycles. The summed E-state index contributed by atoms with van der Waals surface area (Å²) in [5, 5.41) is 2.60. The number of aryl methyl sites for hydroxylation is 1. The Labute approximate surface area is 158 Å². The minimum atomic E-state index is -0.622. The molecule has 0 saturated heterocycles. The van der Waals surface area contributed by atoms with E-state index in [1.54, 1.807) is 31.4 Å². The number of hydrogen-bond acceptors (Lipinski definition) is 5. The molecule has 1 heterocycles. The van der Waals surface area contributed by atoms with Crippen molar-refractivity contribution in [1.29, 1.82) is 0 Å². The van der Waals surface area contributed by atoms with Gasteiger partial charge in [0.25, 0.3) is 0 Å². The van der Waals surface area contributed by atoms with Gasteiger partial charge in [0, 0.05) is 43.2 Å². The molecule has 0 unspecified atom stereocenters. The van der Waals surface area contributed by atoms with Crippen LogP contribution < -0.4 is 5.32 Å². The zero-order valence-corrected chi connectivity index (χ0v) is 16.0. The lowest BCUT2D eigenvalue weighted by molar-refractivity contribution is -0.114. The lowest BCUT2D eigenvalue weighted by Gasteiger charge is -2.09. The fourth-order valence-corrected chi connectivity index (χ4v) is 2.83. The molecule has 2 rings (SSSR count). The van der Waals surface area contributed by atoms with E-state index in [0.29, 0.717) is 24.4 Å². The van der Waals surface area contributed by atoms with Crippen molar-refractivity contribution < 1.29 is 23.9 Å². The highest BCUT2D eigenvalue weighted by Crippen LogP contribution is 2.17. The molecular weight excluding hydrogens is 348 g/mol. The average Bonchev–Trinajstić information content (AvgIpc) is 2.91. The van der Waals surface area contributed by atoms with Gasteiger partial charge in [-0.15, -0.1) is 0 Å². The van der Waals surface area contributed by atoms with Gasteiger partial charge in [-0.3, -0.25) is 9.59 Å². The molecule has 0 saturated carbocycles. The maximum atomic E-state index is 12.5. The van der Waals surface area contributed by atoms with E-state index in [0.717, 1.165) is 11.4 Å². The fourth-order valence-electron chi connectivity index (χ4n) is 2.83. The van der Waals surface area contributed by atoms with E-state index in [1.165, 1.54) is 13.0 Å². The van der Waals surface area contributed by atoms with Crippen LogP contribution in [0.4, 0.5) is 5.69 Å². The molecular formula is C20H24N2O5. The number of ketones is 1. The zero-order chi connectivity index (χ0) is 20.0. The Morgan fingerprint density at radius 3 is 2.56 bits per heavy atom. The van der Waals surface area contributed by atoms with E-state index in [4.69, 9.17) is 9.47 Å². The first-order valence-electron chi connectivity index (χ1n) is 8.57. The summed E-state index contributed by atoms with van der Waals surface area (Å²) in [6, 6.07) is 8.16. The van der Waals surface area contributed by atoms with E-state index < -0.39 is 5.97 Å². The molecule has 0 fully saturated rings. The number of ether oxygens (including phenoxy) is 2. The Hall–Kier alpha value is -2.93. The largest absolute Gasteiger partial charge is 0.454 e. The van der Waals surface area contributed by atoms with Crippen molar-refractivity contribution in [2.24, 2.45) is 0 Å². The number of aromatic nitrogens is 1. The monoisotopic (exact) mass is 372 g/mol. The van der Waals surface area contributed by atoms with Crippen LogP contribution in [0.25, 0.3) is 0 Å². The topological polar surface area (TPSA) is 86.6 Å². The van der Waals surface area contributed by atoms with Crippen molar-refractivity contribution in [1.82, 2.24) is 4.57 Å². The number of rotatable bonds is 8. The van der Waals surface area contributed by atoms with Crippen molar-refractivity contribution >= 4 is 23.3 Å². The predicted molar refractivity (Wildman–Crippen MR) is 101 cm³/mol. The predicted octanol–water partition coefficient (Wildman–Crippen LogP) is 2.75. The van der Waals surface area contributed by atoms with E-state index >= 15 is 0 Å². The summed E-state index contributed by atoms with van der Waals surface area (Å²) in [5.41, 5.74) is 3.05. The van der Waals surface area contributed by atoms with Gasteiger partial charge in [-0.25, -0.2) is 4.79 Å². The van der Waals surface area contributed by atoms with Crippen LogP contribution in [-0.4, -0.2) is 42.6 Å². The number of anilines is 1. The lowest BCUT2D eigenvalue weighted by Crippen LogP contribution is -2.16. The quantitative estimate of drug-likeness (QED) is 0.569. The van der Waals surface area contributed by atoms with Gasteiger partial charge < -0.3 is 19.4 Å². The number of carbonyl (C=O) groups is 3.